The predicted octanol–water partition coefficient (Wildman–Crippen LogP) is 3.15. The Hall–Kier alpha value is 0.230. The van der Waals surface area contributed by atoms with Gasteiger partial charge in [-0.3, -0.25) is 0 Å². The van der Waals surface area contributed by atoms with Crippen LogP contribution in [0.2, 0.25) is 0 Å². The van der Waals surface area contributed by atoms with Crippen LogP contribution in [-0.2, 0) is 4.57 Å². The van der Waals surface area contributed by atoms with Gasteiger partial charge in [-0.15, -0.1) is 0 Å². The van der Waals surface area contributed by atoms with Gasteiger partial charge >= 0.3 is 0 Å². The second-order valence-corrected chi connectivity index (χ2v) is 4.77. The van der Waals surface area contributed by atoms with Crippen LogP contribution in [0.5, 0.6) is 0 Å². The molecule has 0 amide bonds. The van der Waals surface area contributed by atoms with Gasteiger partial charge in [0.15, 0.2) is 0 Å². The molecule has 0 aliphatic heterocycles. The first kappa shape index (κ1) is 10.2. The Bertz CT molecular complexity index is 91.3. The molecule has 1 unspecified atom stereocenters. The summed E-state index contributed by atoms with van der Waals surface area (Å²) in [5, 5.41) is 0. The third-order valence-electron chi connectivity index (χ3n) is 1.63. The van der Waals surface area contributed by atoms with Crippen LogP contribution >= 0.6 is 7.80 Å². The highest BCUT2D eigenvalue weighted by Gasteiger charge is 1.90. The van der Waals surface area contributed by atoms with Crippen LogP contribution in [0.15, 0.2) is 0 Å². The van der Waals surface area contributed by atoms with E-state index < -0.39 is 7.80 Å². The second kappa shape index (κ2) is 7.34. The molecule has 1 atom stereocenters. The van der Waals surface area contributed by atoms with Gasteiger partial charge in [-0.05, 0) is 19.2 Å². The quantitative estimate of drug-likeness (QED) is 0.433. The van der Waals surface area contributed by atoms with E-state index in [0.717, 1.165) is 6.16 Å². The zero-order valence-corrected chi connectivity index (χ0v) is 8.15. The molecule has 2 heteroatoms. The van der Waals surface area contributed by atoms with Crippen molar-refractivity contribution in [3.63, 3.8) is 0 Å². The van der Waals surface area contributed by atoms with Crippen molar-refractivity contribution in [3.05, 3.63) is 0 Å². The summed E-state index contributed by atoms with van der Waals surface area (Å²) >= 11 is 0. The lowest BCUT2D eigenvalue weighted by Crippen LogP contribution is -1.79. The van der Waals surface area contributed by atoms with Crippen molar-refractivity contribution >= 4 is 7.80 Å². The third kappa shape index (κ3) is 8.23. The van der Waals surface area contributed by atoms with E-state index in [1.54, 1.807) is 0 Å². The van der Waals surface area contributed by atoms with Gasteiger partial charge in [-0.25, -0.2) is 0 Å². The van der Waals surface area contributed by atoms with Crippen molar-refractivity contribution in [2.24, 2.45) is 0 Å². The van der Waals surface area contributed by atoms with Gasteiger partial charge in [-0.1, -0.05) is 32.6 Å². The van der Waals surface area contributed by atoms with E-state index in [1.165, 1.54) is 32.1 Å². The molecule has 62 valence electrons. The largest absolute Gasteiger partial charge is 0.327 e. The molecule has 10 heavy (non-hydrogen) atoms. The Morgan fingerprint density at radius 2 is 1.70 bits per heavy atom. The van der Waals surface area contributed by atoms with Crippen LogP contribution in [-0.4, -0.2) is 12.8 Å². The molecule has 0 spiro atoms. The van der Waals surface area contributed by atoms with Crippen molar-refractivity contribution < 1.29 is 4.57 Å². The molecule has 0 rings (SSSR count). The van der Waals surface area contributed by atoms with Crippen LogP contribution in [0.1, 0.15) is 39.0 Å². The number of hydrogen-bond donors (Lipinski definition) is 0. The molecular weight excluding hydrogens is 143 g/mol. The second-order valence-electron chi connectivity index (χ2n) is 2.87. The molecule has 0 saturated heterocycles. The highest BCUT2D eigenvalue weighted by atomic mass is 31.1. The monoisotopic (exact) mass is 162 g/mol. The van der Waals surface area contributed by atoms with Crippen LogP contribution in [0.3, 0.4) is 0 Å². The zero-order valence-electron chi connectivity index (χ0n) is 7.15. The Morgan fingerprint density at radius 1 is 1.10 bits per heavy atom. The topological polar surface area (TPSA) is 17.1 Å². The Kier molecular flexibility index (Phi) is 7.51. The summed E-state index contributed by atoms with van der Waals surface area (Å²) in [5.74, 6) is 0. The van der Waals surface area contributed by atoms with Crippen molar-refractivity contribution in [2.45, 2.75) is 39.0 Å². The lowest BCUT2D eigenvalue weighted by atomic mass is 10.2. The SMILES string of the molecule is CCCCCCC[PH](C)=O. The van der Waals surface area contributed by atoms with E-state index in [-0.39, 0.29) is 0 Å². The predicted molar refractivity (Wildman–Crippen MR) is 48.6 cm³/mol. The van der Waals surface area contributed by atoms with Gasteiger partial charge in [-0.2, -0.15) is 0 Å². The number of unbranched alkanes of at least 4 members (excludes halogenated alkanes) is 4. The minimum Gasteiger partial charge on any atom is -0.327 e. The van der Waals surface area contributed by atoms with Gasteiger partial charge in [0.1, 0.15) is 0 Å². The summed E-state index contributed by atoms with van der Waals surface area (Å²) in [5.41, 5.74) is 0. The molecule has 0 aromatic carbocycles. The normalized spacial score (nSPS) is 13.4. The fourth-order valence-corrected chi connectivity index (χ4v) is 1.73. The average Bonchev–Trinajstić information content (AvgIpc) is 1.87. The first-order valence-electron chi connectivity index (χ1n) is 4.26. The Balaban J connectivity index is 2.84. The van der Waals surface area contributed by atoms with Crippen LogP contribution in [0, 0.1) is 0 Å². The molecule has 0 aromatic heterocycles. The van der Waals surface area contributed by atoms with Gasteiger partial charge in [0.05, 0.1) is 7.80 Å². The van der Waals surface area contributed by atoms with E-state index in [9.17, 15) is 4.57 Å². The molecule has 0 radical (unpaired) electrons. The van der Waals surface area contributed by atoms with Gasteiger partial charge in [0, 0.05) is 0 Å². The van der Waals surface area contributed by atoms with Crippen LogP contribution in [0.4, 0.5) is 0 Å². The molecule has 0 heterocycles. The molecule has 1 nitrogen and oxygen atoms in total. The number of hydrogen-bond acceptors (Lipinski definition) is 1. The lowest BCUT2D eigenvalue weighted by Gasteiger charge is -1.96. The minimum atomic E-state index is -1.17. The van der Waals surface area contributed by atoms with E-state index in [1.807, 2.05) is 6.66 Å². The van der Waals surface area contributed by atoms with Crippen LogP contribution < -0.4 is 0 Å². The van der Waals surface area contributed by atoms with Crippen LogP contribution in [0.25, 0.3) is 0 Å². The number of rotatable bonds is 6. The Labute approximate surface area is 65.0 Å². The molecule has 0 saturated carbocycles. The first-order chi connectivity index (χ1) is 4.77. The maximum atomic E-state index is 10.7. The fraction of sp³-hybridized carbons (Fsp3) is 1.00. The van der Waals surface area contributed by atoms with E-state index in [0.29, 0.717) is 0 Å². The summed E-state index contributed by atoms with van der Waals surface area (Å²) < 4.78 is 10.7. The maximum absolute atomic E-state index is 10.7. The zero-order chi connectivity index (χ0) is 7.82. The maximum Gasteiger partial charge on any atom is 0.0732 e. The molecule has 0 N–H and O–H groups in total. The van der Waals surface area contributed by atoms with Gasteiger partial charge < -0.3 is 4.57 Å². The summed E-state index contributed by atoms with van der Waals surface area (Å²) in [4.78, 5) is 0. The summed E-state index contributed by atoms with van der Waals surface area (Å²) in [6, 6.07) is 0. The van der Waals surface area contributed by atoms with Gasteiger partial charge in [0.25, 0.3) is 0 Å². The lowest BCUT2D eigenvalue weighted by molar-refractivity contribution is 0.586. The first-order valence-corrected chi connectivity index (χ1v) is 6.38. The Morgan fingerprint density at radius 3 is 2.20 bits per heavy atom. The standard InChI is InChI=1S/C8H19OP/c1-3-4-5-6-7-8-10(2)9/h10H,3-8H2,1-2H3. The van der Waals surface area contributed by atoms with Crippen molar-refractivity contribution in [2.75, 3.05) is 12.8 Å². The van der Waals surface area contributed by atoms with Crippen molar-refractivity contribution in [3.8, 4) is 0 Å². The van der Waals surface area contributed by atoms with E-state index in [2.05, 4.69) is 6.92 Å². The van der Waals surface area contributed by atoms with E-state index >= 15 is 0 Å². The molecular formula is C8H19OP. The van der Waals surface area contributed by atoms with E-state index in [4.69, 9.17) is 0 Å². The summed E-state index contributed by atoms with van der Waals surface area (Å²) in [7, 11) is -1.17. The molecule has 0 bridgehead atoms. The highest BCUT2D eigenvalue weighted by Crippen LogP contribution is 2.16. The molecule has 0 aliphatic carbocycles. The average molecular weight is 162 g/mol. The molecule has 0 aliphatic rings. The van der Waals surface area contributed by atoms with Gasteiger partial charge in [0.2, 0.25) is 0 Å². The van der Waals surface area contributed by atoms with Crippen molar-refractivity contribution in [1.82, 2.24) is 0 Å². The van der Waals surface area contributed by atoms with Crippen molar-refractivity contribution in [1.29, 1.82) is 0 Å². The molecule has 0 aromatic rings. The third-order valence-corrected chi connectivity index (χ3v) is 2.69. The smallest absolute Gasteiger partial charge is 0.0732 e. The minimum absolute atomic E-state index is 0.967. The summed E-state index contributed by atoms with van der Waals surface area (Å²) in [6.07, 6.45) is 7.37. The highest BCUT2D eigenvalue weighted by molar-refractivity contribution is 7.43. The summed E-state index contributed by atoms with van der Waals surface area (Å²) in [6.45, 7) is 4.06. The molecule has 0 fully saturated rings. The fourth-order valence-electron chi connectivity index (χ4n) is 0.977.